The van der Waals surface area contributed by atoms with Gasteiger partial charge in [0, 0.05) is 17.0 Å². The van der Waals surface area contributed by atoms with Gasteiger partial charge in [-0.15, -0.1) is 11.3 Å². The van der Waals surface area contributed by atoms with Crippen LogP contribution in [0, 0.1) is 0 Å². The number of hydrogen-bond acceptors (Lipinski definition) is 6. The lowest BCUT2D eigenvalue weighted by Crippen LogP contribution is -3.11. The van der Waals surface area contributed by atoms with E-state index in [1.165, 1.54) is 32.4 Å². The average Bonchev–Trinajstić information content (AvgIpc) is 3.47. The minimum atomic E-state index is 0.238. The molecule has 0 bridgehead atoms. The maximum absolute atomic E-state index is 6.38. The van der Waals surface area contributed by atoms with Crippen LogP contribution in [0.3, 0.4) is 0 Å². The van der Waals surface area contributed by atoms with E-state index in [4.69, 9.17) is 24.2 Å². The molecule has 0 aliphatic carbocycles. The van der Waals surface area contributed by atoms with Crippen LogP contribution < -0.4 is 19.1 Å². The van der Waals surface area contributed by atoms with Crippen molar-refractivity contribution in [2.24, 2.45) is 0 Å². The predicted molar refractivity (Wildman–Crippen MR) is 124 cm³/mol. The number of thiophene rings is 1. The third kappa shape index (κ3) is 3.78. The second kappa shape index (κ2) is 8.41. The maximum Gasteiger partial charge on any atom is 0.232 e. The van der Waals surface area contributed by atoms with Crippen LogP contribution in [0.4, 0.5) is 0 Å². The molecular weight excluding hydrogens is 422 g/mol. The fourth-order valence-corrected chi connectivity index (χ4v) is 5.40. The highest BCUT2D eigenvalue weighted by molar-refractivity contribution is 7.17. The Morgan fingerprint density at radius 3 is 2.66 bits per heavy atom. The molecule has 2 aromatic carbocycles. The smallest absolute Gasteiger partial charge is 0.232 e. The monoisotopic (exact) mass is 446 g/mol. The van der Waals surface area contributed by atoms with Crippen LogP contribution in [0.15, 0.2) is 53.9 Å². The molecule has 32 heavy (non-hydrogen) atoms. The summed E-state index contributed by atoms with van der Waals surface area (Å²) >= 11 is 1.64. The van der Waals surface area contributed by atoms with E-state index >= 15 is 0 Å². The first-order chi connectivity index (χ1) is 15.8. The van der Waals surface area contributed by atoms with Crippen LogP contribution in [0.5, 0.6) is 23.1 Å². The Kier molecular flexibility index (Phi) is 5.13. The standard InChI is InChI=1S/C25H23N3O3S/c1-3-7-17(8-4-1)19-15-32-25-23(19)24(26-22(27-25)14-28-11-5-2-6-12-28)31-18-9-10-20-21(13-18)30-16-29-20/h1,3-4,7-10,13,15H,2,5-6,11-12,14,16H2/p+1. The normalized spacial score (nSPS) is 15.9. The Balaban J connectivity index is 1.42. The summed E-state index contributed by atoms with van der Waals surface area (Å²) in [5, 5.41) is 3.11. The van der Waals surface area contributed by atoms with Gasteiger partial charge in [0.2, 0.25) is 12.7 Å². The van der Waals surface area contributed by atoms with Crippen LogP contribution in [0.1, 0.15) is 25.1 Å². The molecule has 0 amide bonds. The van der Waals surface area contributed by atoms with Gasteiger partial charge in [0.05, 0.1) is 18.5 Å². The Morgan fingerprint density at radius 1 is 0.938 bits per heavy atom. The van der Waals surface area contributed by atoms with Gasteiger partial charge in [0.1, 0.15) is 17.1 Å². The summed E-state index contributed by atoms with van der Waals surface area (Å²) in [6, 6.07) is 16.0. The van der Waals surface area contributed by atoms with Crippen molar-refractivity contribution in [2.45, 2.75) is 25.8 Å². The number of fused-ring (bicyclic) bond motifs is 2. The van der Waals surface area contributed by atoms with E-state index in [0.717, 1.165) is 39.5 Å². The van der Waals surface area contributed by atoms with Gasteiger partial charge in [-0.1, -0.05) is 30.3 Å². The van der Waals surface area contributed by atoms with Crippen LogP contribution >= 0.6 is 11.3 Å². The van der Waals surface area contributed by atoms with Gasteiger partial charge < -0.3 is 19.1 Å². The molecule has 4 heterocycles. The van der Waals surface area contributed by atoms with Crippen LogP contribution in [0.2, 0.25) is 0 Å². The van der Waals surface area contributed by atoms with Crippen LogP contribution in [0.25, 0.3) is 21.3 Å². The topological polar surface area (TPSA) is 57.9 Å². The van der Waals surface area contributed by atoms with Crippen molar-refractivity contribution in [2.75, 3.05) is 19.9 Å². The maximum atomic E-state index is 6.38. The zero-order valence-electron chi connectivity index (χ0n) is 17.7. The second-order valence-electron chi connectivity index (χ2n) is 8.25. The molecule has 0 atom stereocenters. The third-order valence-electron chi connectivity index (χ3n) is 6.06. The number of likely N-dealkylation sites (tertiary alicyclic amines) is 1. The summed E-state index contributed by atoms with van der Waals surface area (Å²) in [5.74, 6) is 3.54. The molecule has 2 aromatic heterocycles. The number of nitrogens with one attached hydrogen (secondary N) is 1. The predicted octanol–water partition coefficient (Wildman–Crippen LogP) is 4.45. The number of hydrogen-bond donors (Lipinski definition) is 1. The Bertz CT molecular complexity index is 1250. The molecule has 0 unspecified atom stereocenters. The van der Waals surface area contributed by atoms with Gasteiger partial charge in [-0.2, -0.15) is 4.98 Å². The van der Waals surface area contributed by atoms with Crippen molar-refractivity contribution >= 4 is 21.6 Å². The van der Waals surface area contributed by atoms with E-state index in [2.05, 4.69) is 17.5 Å². The van der Waals surface area contributed by atoms with Crippen LogP contribution in [-0.4, -0.2) is 29.9 Å². The lowest BCUT2D eigenvalue weighted by atomic mass is 10.1. The van der Waals surface area contributed by atoms with Gasteiger partial charge in [-0.3, -0.25) is 0 Å². The molecule has 2 aliphatic heterocycles. The molecule has 7 heteroatoms. The van der Waals surface area contributed by atoms with E-state index in [9.17, 15) is 0 Å². The summed E-state index contributed by atoms with van der Waals surface area (Å²) in [6.07, 6.45) is 3.87. The molecule has 1 N–H and O–H groups in total. The lowest BCUT2D eigenvalue weighted by molar-refractivity contribution is -0.919. The summed E-state index contributed by atoms with van der Waals surface area (Å²) in [7, 11) is 0. The molecule has 6 nitrogen and oxygen atoms in total. The van der Waals surface area contributed by atoms with Crippen molar-refractivity contribution in [3.8, 4) is 34.3 Å². The van der Waals surface area contributed by atoms with E-state index in [1.807, 2.05) is 36.4 Å². The summed E-state index contributed by atoms with van der Waals surface area (Å²) in [6.45, 7) is 3.42. The van der Waals surface area contributed by atoms with Gasteiger partial charge in [-0.05, 0) is 37.0 Å². The Morgan fingerprint density at radius 2 is 1.78 bits per heavy atom. The Labute approximate surface area is 190 Å². The molecule has 162 valence electrons. The SMILES string of the molecule is c1ccc(-c2csc3nc(C[NH+]4CCCCC4)nc(Oc4ccc5c(c4)OCO5)c23)cc1. The first kappa shape index (κ1) is 19.5. The molecule has 4 aromatic rings. The minimum absolute atomic E-state index is 0.238. The quantitative estimate of drug-likeness (QED) is 0.491. The molecule has 2 aliphatic rings. The minimum Gasteiger partial charge on any atom is -0.454 e. The molecule has 1 saturated heterocycles. The number of ether oxygens (including phenoxy) is 3. The fraction of sp³-hybridized carbons (Fsp3) is 0.280. The van der Waals surface area contributed by atoms with E-state index < -0.39 is 0 Å². The highest BCUT2D eigenvalue weighted by Crippen LogP contribution is 2.41. The van der Waals surface area contributed by atoms with Gasteiger partial charge in [0.25, 0.3) is 0 Å². The van der Waals surface area contributed by atoms with E-state index in [1.54, 1.807) is 16.2 Å². The van der Waals surface area contributed by atoms with Gasteiger partial charge in [-0.25, -0.2) is 4.98 Å². The molecule has 1 fully saturated rings. The van der Waals surface area contributed by atoms with Gasteiger partial charge >= 0.3 is 0 Å². The second-order valence-corrected chi connectivity index (χ2v) is 9.10. The van der Waals surface area contributed by atoms with Crippen molar-refractivity contribution in [1.29, 1.82) is 0 Å². The number of benzene rings is 2. The van der Waals surface area contributed by atoms with Crippen molar-refractivity contribution in [3.63, 3.8) is 0 Å². The zero-order valence-corrected chi connectivity index (χ0v) is 18.5. The van der Waals surface area contributed by atoms with Gasteiger partial charge in [0.15, 0.2) is 17.3 Å². The number of quaternary nitrogens is 1. The molecular formula is C25H24N3O3S+. The number of nitrogens with zero attached hydrogens (tertiary/aromatic N) is 2. The summed E-state index contributed by atoms with van der Waals surface area (Å²) in [5.41, 5.74) is 2.23. The summed E-state index contributed by atoms with van der Waals surface area (Å²) < 4.78 is 17.3. The molecule has 6 rings (SSSR count). The van der Waals surface area contributed by atoms with Crippen molar-refractivity contribution in [1.82, 2.24) is 9.97 Å². The highest BCUT2D eigenvalue weighted by atomic mass is 32.1. The highest BCUT2D eigenvalue weighted by Gasteiger charge is 2.22. The Hall–Kier alpha value is -3.16. The lowest BCUT2D eigenvalue weighted by Gasteiger charge is -2.22. The average molecular weight is 447 g/mol. The van der Waals surface area contributed by atoms with E-state index in [-0.39, 0.29) is 6.79 Å². The molecule has 0 spiro atoms. The molecule has 0 saturated carbocycles. The van der Waals surface area contributed by atoms with Crippen molar-refractivity contribution in [3.05, 3.63) is 59.7 Å². The fourth-order valence-electron chi connectivity index (χ4n) is 4.44. The largest absolute Gasteiger partial charge is 0.454 e. The van der Waals surface area contributed by atoms with E-state index in [0.29, 0.717) is 17.4 Å². The summed E-state index contributed by atoms with van der Waals surface area (Å²) in [4.78, 5) is 12.4. The first-order valence-electron chi connectivity index (χ1n) is 11.1. The van der Waals surface area contributed by atoms with Crippen molar-refractivity contribution < 1.29 is 19.1 Å². The third-order valence-corrected chi connectivity index (χ3v) is 6.93. The zero-order chi connectivity index (χ0) is 21.3. The molecule has 0 radical (unpaired) electrons. The number of aromatic nitrogens is 2. The van der Waals surface area contributed by atoms with Crippen LogP contribution in [-0.2, 0) is 6.54 Å². The number of rotatable bonds is 5. The number of piperidine rings is 1. The first-order valence-corrected chi connectivity index (χ1v) is 12.0.